The van der Waals surface area contributed by atoms with Crippen LogP contribution < -0.4 is 11.1 Å². The third-order valence-electron chi connectivity index (χ3n) is 3.32. The molecule has 6 heteroatoms. The maximum absolute atomic E-state index is 13.0. The minimum atomic E-state index is -0.506. The van der Waals surface area contributed by atoms with Crippen LogP contribution in [-0.2, 0) is 0 Å². The number of hydrogen-bond donors (Lipinski definition) is 2. The number of nitrogens with zero attached hydrogens (tertiary/aromatic N) is 2. The summed E-state index contributed by atoms with van der Waals surface area (Å²) in [6.45, 7) is 0.716. The predicted octanol–water partition coefficient (Wildman–Crippen LogP) is 1.53. The summed E-state index contributed by atoms with van der Waals surface area (Å²) in [6, 6.07) is 6.32. The van der Waals surface area contributed by atoms with Crippen LogP contribution in [0.2, 0.25) is 0 Å². The first-order valence-electron chi connectivity index (χ1n) is 6.03. The Balaban J connectivity index is 2.03. The van der Waals surface area contributed by atoms with E-state index in [0.717, 1.165) is 12.0 Å². The van der Waals surface area contributed by atoms with E-state index in [9.17, 15) is 9.18 Å². The second kappa shape index (κ2) is 4.38. The summed E-state index contributed by atoms with van der Waals surface area (Å²) in [4.78, 5) is 11.3. The molecule has 98 valence electrons. The van der Waals surface area contributed by atoms with E-state index in [4.69, 9.17) is 5.73 Å². The summed E-state index contributed by atoms with van der Waals surface area (Å²) >= 11 is 0. The maximum Gasteiger partial charge on any atom is 0.254 e. The third kappa shape index (κ3) is 1.95. The van der Waals surface area contributed by atoms with Gasteiger partial charge >= 0.3 is 0 Å². The summed E-state index contributed by atoms with van der Waals surface area (Å²) in [7, 11) is 0. The third-order valence-corrected chi connectivity index (χ3v) is 3.32. The Morgan fingerprint density at radius 3 is 2.84 bits per heavy atom. The zero-order valence-corrected chi connectivity index (χ0v) is 10.1. The highest BCUT2D eigenvalue weighted by atomic mass is 19.1. The second-order valence-electron chi connectivity index (χ2n) is 4.50. The SMILES string of the molecule is NC(=O)c1cnn2c1NCCC2c1ccc(F)cc1. The number of aromatic nitrogens is 2. The Bertz CT molecular complexity index is 620. The Kier molecular flexibility index (Phi) is 2.70. The number of halogens is 1. The molecule has 19 heavy (non-hydrogen) atoms. The van der Waals surface area contributed by atoms with Crippen LogP contribution in [0.4, 0.5) is 10.2 Å². The van der Waals surface area contributed by atoms with Crippen molar-refractivity contribution in [1.29, 1.82) is 0 Å². The van der Waals surface area contributed by atoms with Crippen molar-refractivity contribution in [2.45, 2.75) is 12.5 Å². The van der Waals surface area contributed by atoms with Crippen LogP contribution in [0.5, 0.6) is 0 Å². The lowest BCUT2D eigenvalue weighted by molar-refractivity contribution is 0.100. The molecular weight excluding hydrogens is 247 g/mol. The highest BCUT2D eigenvalue weighted by Crippen LogP contribution is 2.31. The molecule has 5 nitrogen and oxygen atoms in total. The van der Waals surface area contributed by atoms with Gasteiger partial charge in [-0.25, -0.2) is 9.07 Å². The minimum absolute atomic E-state index is 0.00931. The van der Waals surface area contributed by atoms with Crippen molar-refractivity contribution < 1.29 is 9.18 Å². The molecule has 2 aromatic rings. The lowest BCUT2D eigenvalue weighted by Gasteiger charge is -2.26. The number of amides is 1. The monoisotopic (exact) mass is 260 g/mol. The first-order valence-corrected chi connectivity index (χ1v) is 6.03. The van der Waals surface area contributed by atoms with E-state index < -0.39 is 5.91 Å². The normalized spacial score (nSPS) is 17.6. The van der Waals surface area contributed by atoms with Gasteiger partial charge in [0.05, 0.1) is 12.2 Å². The van der Waals surface area contributed by atoms with Crippen LogP contribution >= 0.6 is 0 Å². The van der Waals surface area contributed by atoms with E-state index >= 15 is 0 Å². The first kappa shape index (κ1) is 11.7. The Hall–Kier alpha value is -2.37. The fourth-order valence-electron chi connectivity index (χ4n) is 2.40. The summed E-state index contributed by atoms with van der Waals surface area (Å²) in [5.74, 6) is -0.141. The van der Waals surface area contributed by atoms with Crippen molar-refractivity contribution in [1.82, 2.24) is 9.78 Å². The van der Waals surface area contributed by atoms with Crippen LogP contribution in [0.15, 0.2) is 30.5 Å². The summed E-state index contributed by atoms with van der Waals surface area (Å²) in [6.07, 6.45) is 2.28. The fourth-order valence-corrected chi connectivity index (χ4v) is 2.40. The van der Waals surface area contributed by atoms with Gasteiger partial charge in [-0.2, -0.15) is 5.10 Å². The maximum atomic E-state index is 13.0. The molecule has 0 saturated heterocycles. The van der Waals surface area contributed by atoms with E-state index in [1.54, 1.807) is 16.8 Å². The molecule has 1 aromatic heterocycles. The molecule has 0 spiro atoms. The van der Waals surface area contributed by atoms with Crippen LogP contribution in [0.1, 0.15) is 28.4 Å². The topological polar surface area (TPSA) is 72.9 Å². The Labute approximate surface area is 109 Å². The van der Waals surface area contributed by atoms with Gasteiger partial charge in [0.2, 0.25) is 0 Å². The van der Waals surface area contributed by atoms with E-state index in [2.05, 4.69) is 10.4 Å². The van der Waals surface area contributed by atoms with E-state index in [0.29, 0.717) is 17.9 Å². The van der Waals surface area contributed by atoms with Gasteiger partial charge in [-0.05, 0) is 24.1 Å². The van der Waals surface area contributed by atoms with Crippen molar-refractivity contribution in [2.24, 2.45) is 5.73 Å². The van der Waals surface area contributed by atoms with E-state index in [-0.39, 0.29) is 11.9 Å². The number of hydrogen-bond acceptors (Lipinski definition) is 3. The van der Waals surface area contributed by atoms with E-state index in [1.165, 1.54) is 18.3 Å². The molecule has 1 unspecified atom stereocenters. The number of benzene rings is 1. The first-order chi connectivity index (χ1) is 9.16. The standard InChI is InChI=1S/C13H13FN4O/c14-9-3-1-8(2-4-9)11-5-6-16-13-10(12(15)19)7-17-18(11)13/h1-4,7,11,16H,5-6H2,(H2,15,19). The number of anilines is 1. The Morgan fingerprint density at radius 1 is 1.42 bits per heavy atom. The van der Waals surface area contributed by atoms with Crippen LogP contribution in [0.25, 0.3) is 0 Å². The fraction of sp³-hybridized carbons (Fsp3) is 0.231. The quantitative estimate of drug-likeness (QED) is 0.860. The minimum Gasteiger partial charge on any atom is -0.369 e. The molecule has 0 saturated carbocycles. The number of carbonyl (C=O) groups is 1. The van der Waals surface area contributed by atoms with Gasteiger partial charge < -0.3 is 11.1 Å². The highest BCUT2D eigenvalue weighted by Gasteiger charge is 2.25. The number of nitrogens with two attached hydrogens (primary N) is 1. The Morgan fingerprint density at radius 2 is 2.16 bits per heavy atom. The van der Waals surface area contributed by atoms with Crippen LogP contribution in [-0.4, -0.2) is 22.2 Å². The summed E-state index contributed by atoms with van der Waals surface area (Å²) in [5, 5.41) is 7.35. The van der Waals surface area contributed by atoms with Gasteiger partial charge in [-0.1, -0.05) is 12.1 Å². The molecule has 1 aromatic carbocycles. The molecule has 0 bridgehead atoms. The zero-order valence-electron chi connectivity index (χ0n) is 10.1. The largest absolute Gasteiger partial charge is 0.369 e. The molecule has 2 heterocycles. The van der Waals surface area contributed by atoms with Gasteiger partial charge in [-0.3, -0.25) is 4.79 Å². The second-order valence-corrected chi connectivity index (χ2v) is 4.50. The smallest absolute Gasteiger partial charge is 0.254 e. The molecule has 1 aliphatic rings. The molecule has 1 atom stereocenters. The van der Waals surface area contributed by atoms with Crippen molar-refractivity contribution in [3.05, 3.63) is 47.4 Å². The average molecular weight is 260 g/mol. The molecule has 0 aliphatic carbocycles. The van der Waals surface area contributed by atoms with Crippen molar-refractivity contribution in [3.8, 4) is 0 Å². The highest BCUT2D eigenvalue weighted by molar-refractivity contribution is 5.97. The lowest BCUT2D eigenvalue weighted by Crippen LogP contribution is -2.26. The van der Waals surface area contributed by atoms with Gasteiger partial charge in [0, 0.05) is 6.54 Å². The number of nitrogens with one attached hydrogen (secondary N) is 1. The van der Waals surface area contributed by atoms with Crippen molar-refractivity contribution in [2.75, 3.05) is 11.9 Å². The van der Waals surface area contributed by atoms with Gasteiger partial charge in [0.25, 0.3) is 5.91 Å². The van der Waals surface area contributed by atoms with Crippen LogP contribution in [0.3, 0.4) is 0 Å². The molecule has 1 amide bonds. The summed E-state index contributed by atoms with van der Waals surface area (Å²) < 4.78 is 14.7. The van der Waals surface area contributed by atoms with Crippen molar-refractivity contribution >= 4 is 11.7 Å². The molecule has 3 rings (SSSR count). The molecule has 0 fully saturated rings. The predicted molar refractivity (Wildman–Crippen MR) is 68.4 cm³/mol. The number of primary amides is 1. The van der Waals surface area contributed by atoms with Gasteiger partial charge in [0.1, 0.15) is 17.2 Å². The van der Waals surface area contributed by atoms with E-state index in [1.807, 2.05) is 0 Å². The number of rotatable bonds is 2. The van der Waals surface area contributed by atoms with Gasteiger partial charge in [-0.15, -0.1) is 0 Å². The average Bonchev–Trinajstić information content (AvgIpc) is 2.83. The molecule has 1 aliphatic heterocycles. The number of fused-ring (bicyclic) bond motifs is 1. The van der Waals surface area contributed by atoms with Crippen molar-refractivity contribution in [3.63, 3.8) is 0 Å². The zero-order chi connectivity index (χ0) is 13.4. The molecule has 3 N–H and O–H groups in total. The lowest BCUT2D eigenvalue weighted by atomic mass is 10.0. The molecule has 0 radical (unpaired) electrons. The molecular formula is C13H13FN4O. The van der Waals surface area contributed by atoms with Gasteiger partial charge in [0.15, 0.2) is 0 Å². The number of carbonyl (C=O) groups excluding carboxylic acids is 1. The summed E-state index contributed by atoms with van der Waals surface area (Å²) in [5.41, 5.74) is 6.65. The van der Waals surface area contributed by atoms with Crippen LogP contribution in [0, 0.1) is 5.82 Å².